The smallest absolute Gasteiger partial charge is 0.125 e. The van der Waals surface area contributed by atoms with E-state index >= 15 is 0 Å². The molecule has 0 atom stereocenters. The summed E-state index contributed by atoms with van der Waals surface area (Å²) in [4.78, 5) is 11.0. The van der Waals surface area contributed by atoms with Crippen molar-refractivity contribution in [3.8, 4) is 0 Å². The third kappa shape index (κ3) is 1.60. The molecule has 3 nitrogen and oxygen atoms in total. The molecule has 0 radical (unpaired) electrons. The van der Waals surface area contributed by atoms with Crippen LogP contribution in [0.5, 0.6) is 0 Å². The van der Waals surface area contributed by atoms with Gasteiger partial charge in [-0.3, -0.25) is 0 Å². The number of rotatable bonds is 1. The molecule has 4 heteroatoms. The van der Waals surface area contributed by atoms with E-state index in [0.717, 1.165) is 12.7 Å². The van der Waals surface area contributed by atoms with Crippen LogP contribution in [-0.4, -0.2) is 23.0 Å². The molecule has 0 spiro atoms. The van der Waals surface area contributed by atoms with Crippen molar-refractivity contribution < 1.29 is 8.22 Å². The van der Waals surface area contributed by atoms with Gasteiger partial charge in [-0.15, -0.1) is 0 Å². The monoisotopic (exact) mass is 159 g/mol. The van der Waals surface area contributed by atoms with Gasteiger partial charge in [0.1, 0.15) is 26.2 Å². The summed E-state index contributed by atoms with van der Waals surface area (Å²) < 4.78 is 44.5. The van der Waals surface area contributed by atoms with Crippen LogP contribution in [0, 0.1) is 0 Å². The van der Waals surface area contributed by atoms with Crippen molar-refractivity contribution in [3.05, 3.63) is 12.7 Å². The van der Waals surface area contributed by atoms with Crippen molar-refractivity contribution in [2.45, 2.75) is 19.5 Å². The van der Waals surface area contributed by atoms with E-state index < -0.39 is 21.0 Å². The first-order valence-corrected chi connectivity index (χ1v) is 5.23. The zero-order chi connectivity index (χ0) is 12.6. The third-order valence-corrected chi connectivity index (χ3v) is 2.09. The van der Waals surface area contributed by atoms with E-state index in [0.29, 0.717) is 0 Å². The first-order valence-electron chi connectivity index (χ1n) is 5.73. The summed E-state index contributed by atoms with van der Waals surface area (Å²) in [6.45, 7) is -3.92. The highest BCUT2D eigenvalue weighted by Gasteiger charge is 2.18. The minimum atomic E-state index is -3.79. The quantitative estimate of drug-likeness (QED) is 0.557. The Hall–Kier alpha value is -0.773. The van der Waals surface area contributed by atoms with Gasteiger partial charge in [0.25, 0.3) is 0 Å². The Morgan fingerprint density at radius 1 is 1.40 bits per heavy atom. The van der Waals surface area contributed by atoms with Gasteiger partial charge in [-0.05, 0) is 0 Å². The molecule has 0 saturated heterocycles. The lowest BCUT2D eigenvalue weighted by Gasteiger charge is -2.11. The standard InChI is InChI=1S/C6H11N3Si/c1-10(2,3)6-8-4-7-5-9-6/h4-5H,1-3H3/i1D3,2D3. The van der Waals surface area contributed by atoms with Crippen LogP contribution in [0.15, 0.2) is 12.7 Å². The first-order chi connectivity index (χ1) is 7.11. The second kappa shape index (κ2) is 2.46. The fourth-order valence-electron chi connectivity index (χ4n) is 0.497. The summed E-state index contributed by atoms with van der Waals surface area (Å²) in [5.41, 5.74) is -0.109. The lowest BCUT2D eigenvalue weighted by molar-refractivity contribution is 1.08. The van der Waals surface area contributed by atoms with Crippen LogP contribution in [0.25, 0.3) is 0 Å². The van der Waals surface area contributed by atoms with E-state index in [2.05, 4.69) is 15.0 Å². The van der Waals surface area contributed by atoms with Crippen molar-refractivity contribution in [1.82, 2.24) is 15.0 Å². The molecular weight excluding hydrogens is 142 g/mol. The fourth-order valence-corrected chi connectivity index (χ4v) is 1.13. The first kappa shape index (κ1) is 2.69. The lowest BCUT2D eigenvalue weighted by Crippen LogP contribution is -2.42. The van der Waals surface area contributed by atoms with Crippen molar-refractivity contribution in [2.24, 2.45) is 0 Å². The molecule has 0 aromatic carbocycles. The van der Waals surface area contributed by atoms with Gasteiger partial charge < -0.3 is 0 Å². The van der Waals surface area contributed by atoms with Gasteiger partial charge in [-0.25, -0.2) is 15.0 Å². The Kier molecular flexibility index (Phi) is 0.661. The normalized spacial score (nSPS) is 22.9. The maximum Gasteiger partial charge on any atom is 0.125 e. The zero-order valence-corrected chi connectivity index (χ0v) is 6.50. The molecule has 0 aliphatic carbocycles. The van der Waals surface area contributed by atoms with E-state index in [1.807, 2.05) is 0 Å². The maximum absolute atomic E-state index is 7.41. The SMILES string of the molecule is [2H]C([2H])([2H])[Si](C)(c1ncncn1)C([2H])([2H])[2H]. The van der Waals surface area contributed by atoms with Crippen molar-refractivity contribution >= 4 is 13.5 Å². The van der Waals surface area contributed by atoms with Crippen molar-refractivity contribution in [3.63, 3.8) is 0 Å². The van der Waals surface area contributed by atoms with Crippen molar-refractivity contribution in [2.75, 3.05) is 0 Å². The molecule has 10 heavy (non-hydrogen) atoms. The van der Waals surface area contributed by atoms with Gasteiger partial charge in [0.15, 0.2) is 0 Å². The third-order valence-electron chi connectivity index (χ3n) is 0.941. The Labute approximate surface area is 70.0 Å². The molecule has 0 N–H and O–H groups in total. The average Bonchev–Trinajstić information content (AvgIpc) is 2.14. The zero-order valence-electron chi connectivity index (χ0n) is 11.5. The summed E-state index contributed by atoms with van der Waals surface area (Å²) in [5, 5.41) is 0. The molecule has 0 fully saturated rings. The van der Waals surface area contributed by atoms with E-state index in [9.17, 15) is 0 Å². The van der Waals surface area contributed by atoms with E-state index in [-0.39, 0.29) is 5.45 Å². The summed E-state index contributed by atoms with van der Waals surface area (Å²) in [7, 11) is -3.79. The Bertz CT molecular complexity index is 347. The van der Waals surface area contributed by atoms with Gasteiger partial charge in [0.05, 0.1) is 0 Å². The van der Waals surface area contributed by atoms with Gasteiger partial charge in [-0.1, -0.05) is 19.5 Å². The Morgan fingerprint density at radius 2 is 2.00 bits per heavy atom. The predicted molar refractivity (Wildman–Crippen MR) is 42.8 cm³/mol. The minimum Gasteiger partial charge on any atom is -0.227 e. The summed E-state index contributed by atoms with van der Waals surface area (Å²) in [5.74, 6) is 0. The highest BCUT2D eigenvalue weighted by Crippen LogP contribution is 1.95. The Balaban J connectivity index is 3.39. The van der Waals surface area contributed by atoms with Crippen LogP contribution in [0.1, 0.15) is 8.22 Å². The highest BCUT2D eigenvalue weighted by molar-refractivity contribution is 6.87. The molecule has 54 valence electrons. The number of hydrogen-bond donors (Lipinski definition) is 0. The summed E-state index contributed by atoms with van der Waals surface area (Å²) in [6, 6.07) is 0. The largest absolute Gasteiger partial charge is 0.227 e. The van der Waals surface area contributed by atoms with Gasteiger partial charge >= 0.3 is 0 Å². The molecule has 1 rings (SSSR count). The van der Waals surface area contributed by atoms with Crippen LogP contribution in [-0.2, 0) is 0 Å². The number of hydrogen-bond acceptors (Lipinski definition) is 3. The van der Waals surface area contributed by atoms with Crippen LogP contribution in [0.4, 0.5) is 0 Å². The minimum absolute atomic E-state index is 0.109. The lowest BCUT2D eigenvalue weighted by atomic mass is 11.1. The maximum atomic E-state index is 7.41. The van der Waals surface area contributed by atoms with Crippen LogP contribution in [0.3, 0.4) is 0 Å². The highest BCUT2D eigenvalue weighted by atomic mass is 28.3. The molecule has 0 bridgehead atoms. The Morgan fingerprint density at radius 3 is 2.50 bits per heavy atom. The van der Waals surface area contributed by atoms with Crippen LogP contribution < -0.4 is 5.45 Å². The average molecular weight is 159 g/mol. The molecular formula is C6H11N3Si. The number of aromatic nitrogens is 3. The van der Waals surface area contributed by atoms with Gasteiger partial charge in [-0.2, -0.15) is 0 Å². The molecule has 0 amide bonds. The van der Waals surface area contributed by atoms with E-state index in [1.54, 1.807) is 0 Å². The molecule has 1 aromatic heterocycles. The predicted octanol–water partition coefficient (Wildman–Crippen LogP) is 0.417. The van der Waals surface area contributed by atoms with Crippen LogP contribution in [0.2, 0.25) is 19.5 Å². The summed E-state index contributed by atoms with van der Waals surface area (Å²) >= 11 is 0. The second-order valence-corrected chi connectivity index (χ2v) is 4.78. The topological polar surface area (TPSA) is 38.7 Å². The molecule has 1 heterocycles. The molecule has 0 unspecified atom stereocenters. The van der Waals surface area contributed by atoms with E-state index in [4.69, 9.17) is 8.22 Å². The summed E-state index contributed by atoms with van der Waals surface area (Å²) in [6.07, 6.45) is 2.23. The van der Waals surface area contributed by atoms with Gasteiger partial charge in [0.2, 0.25) is 0 Å². The number of nitrogens with zero attached hydrogens (tertiary/aromatic N) is 3. The van der Waals surface area contributed by atoms with Crippen molar-refractivity contribution in [1.29, 1.82) is 0 Å². The molecule has 0 aliphatic rings. The molecule has 0 aliphatic heterocycles. The van der Waals surface area contributed by atoms with E-state index in [1.165, 1.54) is 6.55 Å². The molecule has 1 aromatic rings. The fraction of sp³-hybridized carbons (Fsp3) is 0.500. The molecule has 0 saturated carbocycles. The second-order valence-electron chi connectivity index (χ2n) is 2.09. The van der Waals surface area contributed by atoms with Gasteiger partial charge in [0, 0.05) is 8.22 Å². The van der Waals surface area contributed by atoms with Crippen LogP contribution >= 0.6 is 0 Å².